The van der Waals surface area contributed by atoms with Crippen LogP contribution < -0.4 is 0 Å². The average Bonchev–Trinajstić information content (AvgIpc) is 2.62. The third-order valence-corrected chi connectivity index (χ3v) is 2.64. The average molecular weight is 225 g/mol. The molecule has 1 N–H and O–H groups in total. The number of β-amino-alcohol motifs (C(OH)–C–C–N with tert-alkyl or cyclic N) is 1. The van der Waals surface area contributed by atoms with Crippen molar-refractivity contribution in [2.75, 3.05) is 20.2 Å². The van der Waals surface area contributed by atoms with Crippen molar-refractivity contribution in [3.8, 4) is 0 Å². The van der Waals surface area contributed by atoms with Crippen molar-refractivity contribution in [2.45, 2.75) is 19.1 Å². The minimum absolute atomic E-state index is 0.244. The molecule has 1 aromatic heterocycles. The summed E-state index contributed by atoms with van der Waals surface area (Å²) in [6.45, 7) is 3.61. The number of aliphatic hydroxyl groups is 1. The summed E-state index contributed by atoms with van der Waals surface area (Å²) in [4.78, 5) is 13.4. The lowest BCUT2D eigenvalue weighted by Crippen LogP contribution is -2.59. The van der Waals surface area contributed by atoms with E-state index in [0.29, 0.717) is 19.6 Å². The molecular formula is C11H15NO4. The van der Waals surface area contributed by atoms with Gasteiger partial charge in [-0.2, -0.15) is 0 Å². The minimum atomic E-state index is -0.602. The Morgan fingerprint density at radius 2 is 2.38 bits per heavy atom. The maximum absolute atomic E-state index is 11.3. The number of hydrogen-bond donors (Lipinski definition) is 1. The summed E-state index contributed by atoms with van der Waals surface area (Å²) in [6, 6.07) is 1.75. The molecule has 1 aliphatic rings. The summed E-state index contributed by atoms with van der Waals surface area (Å²) in [5, 5.41) is 9.58. The number of esters is 1. The molecule has 2 rings (SSSR count). The molecule has 0 bridgehead atoms. The van der Waals surface area contributed by atoms with Crippen molar-refractivity contribution < 1.29 is 19.1 Å². The molecule has 16 heavy (non-hydrogen) atoms. The van der Waals surface area contributed by atoms with E-state index in [2.05, 4.69) is 4.74 Å². The normalized spacial score (nSPS) is 19.2. The summed E-state index contributed by atoms with van der Waals surface area (Å²) in [7, 11) is 1.32. The second-order valence-electron chi connectivity index (χ2n) is 4.41. The first-order valence-corrected chi connectivity index (χ1v) is 5.11. The lowest BCUT2D eigenvalue weighted by Gasteiger charge is -2.44. The van der Waals surface area contributed by atoms with E-state index in [1.54, 1.807) is 13.0 Å². The van der Waals surface area contributed by atoms with Crippen LogP contribution in [0.4, 0.5) is 0 Å². The van der Waals surface area contributed by atoms with Crippen LogP contribution in [0.15, 0.2) is 16.7 Å². The topological polar surface area (TPSA) is 62.9 Å². The van der Waals surface area contributed by atoms with Gasteiger partial charge < -0.3 is 14.3 Å². The Hall–Kier alpha value is -1.33. The van der Waals surface area contributed by atoms with Crippen LogP contribution in [0.5, 0.6) is 0 Å². The van der Waals surface area contributed by atoms with E-state index in [0.717, 1.165) is 5.56 Å². The van der Waals surface area contributed by atoms with E-state index < -0.39 is 11.6 Å². The van der Waals surface area contributed by atoms with Gasteiger partial charge in [-0.3, -0.25) is 4.90 Å². The second kappa shape index (κ2) is 3.92. The summed E-state index contributed by atoms with van der Waals surface area (Å²) < 4.78 is 9.68. The van der Waals surface area contributed by atoms with Crippen molar-refractivity contribution in [3.05, 3.63) is 23.7 Å². The van der Waals surface area contributed by atoms with Gasteiger partial charge >= 0.3 is 5.97 Å². The molecule has 0 spiro atoms. The van der Waals surface area contributed by atoms with Crippen LogP contribution in [-0.4, -0.2) is 41.8 Å². The van der Waals surface area contributed by atoms with Crippen LogP contribution >= 0.6 is 0 Å². The molecule has 0 atom stereocenters. The Kier molecular flexibility index (Phi) is 2.73. The summed E-state index contributed by atoms with van der Waals surface area (Å²) in [5.41, 5.74) is 0.192. The maximum atomic E-state index is 11.3. The standard InChI is InChI=1S/C11H15NO4/c1-11(14)6-12(7-11)5-8-3-4-16-9(8)10(13)15-2/h3-4,14H,5-7H2,1-2H3. The monoisotopic (exact) mass is 225 g/mol. The highest BCUT2D eigenvalue weighted by atomic mass is 16.5. The largest absolute Gasteiger partial charge is 0.463 e. The number of methoxy groups -OCH3 is 1. The summed E-state index contributed by atoms with van der Waals surface area (Å²) in [6.07, 6.45) is 1.47. The number of likely N-dealkylation sites (tertiary alicyclic amines) is 1. The second-order valence-corrected chi connectivity index (χ2v) is 4.41. The van der Waals surface area contributed by atoms with Crippen LogP contribution in [0.2, 0.25) is 0 Å². The van der Waals surface area contributed by atoms with Crippen molar-refractivity contribution in [1.29, 1.82) is 0 Å². The minimum Gasteiger partial charge on any atom is -0.463 e. The lowest BCUT2D eigenvalue weighted by molar-refractivity contribution is -0.0872. The van der Waals surface area contributed by atoms with Crippen molar-refractivity contribution in [3.63, 3.8) is 0 Å². The first kappa shape index (κ1) is 11.2. The zero-order valence-corrected chi connectivity index (χ0v) is 9.40. The van der Waals surface area contributed by atoms with Crippen molar-refractivity contribution >= 4 is 5.97 Å². The Balaban J connectivity index is 2.00. The Morgan fingerprint density at radius 3 is 2.94 bits per heavy atom. The van der Waals surface area contributed by atoms with Gasteiger partial charge in [-0.1, -0.05) is 0 Å². The number of furan rings is 1. The van der Waals surface area contributed by atoms with Gasteiger partial charge in [-0.15, -0.1) is 0 Å². The zero-order valence-electron chi connectivity index (χ0n) is 9.40. The molecule has 1 fully saturated rings. The third-order valence-electron chi connectivity index (χ3n) is 2.64. The highest BCUT2D eigenvalue weighted by Gasteiger charge is 2.36. The Bertz CT molecular complexity index is 388. The van der Waals surface area contributed by atoms with Gasteiger partial charge in [-0.25, -0.2) is 4.79 Å². The third kappa shape index (κ3) is 2.10. The molecule has 0 aromatic carbocycles. The molecule has 5 nitrogen and oxygen atoms in total. The smallest absolute Gasteiger partial charge is 0.374 e. The fourth-order valence-electron chi connectivity index (χ4n) is 2.00. The van der Waals surface area contributed by atoms with Crippen LogP contribution in [0.1, 0.15) is 23.0 Å². The molecule has 1 aromatic rings. The number of carbonyl (C=O) groups is 1. The van der Waals surface area contributed by atoms with Crippen LogP contribution in [0.3, 0.4) is 0 Å². The fourth-order valence-corrected chi connectivity index (χ4v) is 2.00. The van der Waals surface area contributed by atoms with Crippen LogP contribution in [-0.2, 0) is 11.3 Å². The van der Waals surface area contributed by atoms with Gasteiger partial charge in [0.05, 0.1) is 19.0 Å². The summed E-state index contributed by atoms with van der Waals surface area (Å²) >= 11 is 0. The molecule has 1 aliphatic heterocycles. The van der Waals surface area contributed by atoms with Gasteiger partial charge in [0.2, 0.25) is 5.76 Å². The number of ether oxygens (including phenoxy) is 1. The fraction of sp³-hybridized carbons (Fsp3) is 0.545. The molecule has 0 saturated carbocycles. The molecular weight excluding hydrogens is 210 g/mol. The van der Waals surface area contributed by atoms with E-state index in [4.69, 9.17) is 4.42 Å². The van der Waals surface area contributed by atoms with E-state index >= 15 is 0 Å². The Morgan fingerprint density at radius 1 is 1.69 bits per heavy atom. The number of rotatable bonds is 3. The molecule has 0 aliphatic carbocycles. The lowest BCUT2D eigenvalue weighted by atomic mass is 9.96. The maximum Gasteiger partial charge on any atom is 0.374 e. The quantitative estimate of drug-likeness (QED) is 0.764. The number of nitrogens with zero attached hydrogens (tertiary/aromatic N) is 1. The highest BCUT2D eigenvalue weighted by Crippen LogP contribution is 2.23. The molecule has 0 amide bonds. The first-order chi connectivity index (χ1) is 7.52. The van der Waals surface area contributed by atoms with Gasteiger partial charge in [-0.05, 0) is 13.0 Å². The van der Waals surface area contributed by atoms with Crippen molar-refractivity contribution in [1.82, 2.24) is 4.90 Å². The predicted molar refractivity (Wildman–Crippen MR) is 55.9 cm³/mol. The van der Waals surface area contributed by atoms with Crippen molar-refractivity contribution in [2.24, 2.45) is 0 Å². The Labute approximate surface area is 93.6 Å². The molecule has 0 unspecified atom stereocenters. The van der Waals surface area contributed by atoms with Crippen LogP contribution in [0, 0.1) is 0 Å². The van der Waals surface area contributed by atoms with E-state index in [-0.39, 0.29) is 5.76 Å². The van der Waals surface area contributed by atoms with E-state index in [1.807, 2.05) is 4.90 Å². The highest BCUT2D eigenvalue weighted by molar-refractivity contribution is 5.87. The predicted octanol–water partition coefficient (Wildman–Crippen LogP) is 0.633. The SMILES string of the molecule is COC(=O)c1occc1CN1CC(C)(O)C1. The number of hydrogen-bond acceptors (Lipinski definition) is 5. The molecule has 2 heterocycles. The van der Waals surface area contributed by atoms with E-state index in [9.17, 15) is 9.90 Å². The zero-order chi connectivity index (χ0) is 11.8. The van der Waals surface area contributed by atoms with Gasteiger partial charge in [0.15, 0.2) is 0 Å². The van der Waals surface area contributed by atoms with Gasteiger partial charge in [0.1, 0.15) is 0 Å². The van der Waals surface area contributed by atoms with Gasteiger partial charge in [0, 0.05) is 25.2 Å². The molecule has 1 saturated heterocycles. The number of carbonyl (C=O) groups excluding carboxylic acids is 1. The summed E-state index contributed by atoms with van der Waals surface area (Å²) in [5.74, 6) is -0.221. The molecule has 5 heteroatoms. The molecule has 0 radical (unpaired) electrons. The van der Waals surface area contributed by atoms with Gasteiger partial charge in [0.25, 0.3) is 0 Å². The first-order valence-electron chi connectivity index (χ1n) is 5.11. The van der Waals surface area contributed by atoms with Crippen LogP contribution in [0.25, 0.3) is 0 Å². The van der Waals surface area contributed by atoms with E-state index in [1.165, 1.54) is 13.4 Å². The molecule has 88 valence electrons.